The van der Waals surface area contributed by atoms with Gasteiger partial charge in [0, 0.05) is 11.1 Å². The van der Waals surface area contributed by atoms with Crippen LogP contribution in [-0.4, -0.2) is 5.71 Å². The van der Waals surface area contributed by atoms with Crippen molar-refractivity contribution < 1.29 is 0 Å². The highest BCUT2D eigenvalue weighted by molar-refractivity contribution is 6.42. The van der Waals surface area contributed by atoms with Crippen molar-refractivity contribution in [2.45, 2.75) is 44.4 Å². The van der Waals surface area contributed by atoms with Crippen molar-refractivity contribution in [1.82, 2.24) is 0 Å². The third-order valence-corrected chi connectivity index (χ3v) is 4.64. The van der Waals surface area contributed by atoms with Crippen LogP contribution in [-0.2, 0) is 5.41 Å². The first-order chi connectivity index (χ1) is 8.06. The Morgan fingerprint density at radius 2 is 1.76 bits per heavy atom. The maximum atomic E-state index is 8.12. The molecule has 0 saturated heterocycles. The van der Waals surface area contributed by atoms with Crippen molar-refractivity contribution in [1.29, 1.82) is 5.41 Å². The average Bonchev–Trinajstić information content (AvgIpc) is 2.33. The summed E-state index contributed by atoms with van der Waals surface area (Å²) in [6, 6.07) is 5.81. The van der Waals surface area contributed by atoms with E-state index in [9.17, 15) is 0 Å². The van der Waals surface area contributed by atoms with Gasteiger partial charge in [0.15, 0.2) is 0 Å². The molecular weight excluding hydrogens is 253 g/mol. The molecule has 0 unspecified atom stereocenters. The minimum atomic E-state index is -0.105. The summed E-state index contributed by atoms with van der Waals surface area (Å²) in [4.78, 5) is 0. The molecular formula is C14H17Cl2N. The summed E-state index contributed by atoms with van der Waals surface area (Å²) in [5, 5.41) is 9.30. The molecule has 1 aliphatic carbocycles. The number of hydrogen-bond donors (Lipinski definition) is 1. The first-order valence-electron chi connectivity index (χ1n) is 6.07. The molecule has 0 aliphatic heterocycles. The second-order valence-electron chi connectivity index (χ2n) is 4.90. The Morgan fingerprint density at radius 3 is 2.29 bits per heavy atom. The summed E-state index contributed by atoms with van der Waals surface area (Å²) in [6.45, 7) is 1.91. The molecule has 0 amide bonds. The molecule has 92 valence electrons. The van der Waals surface area contributed by atoms with Crippen molar-refractivity contribution in [2.24, 2.45) is 0 Å². The van der Waals surface area contributed by atoms with E-state index in [0.717, 1.165) is 24.1 Å². The maximum Gasteiger partial charge on any atom is 0.0595 e. The van der Waals surface area contributed by atoms with Gasteiger partial charge in [-0.15, -0.1) is 0 Å². The Kier molecular flexibility index (Phi) is 3.79. The van der Waals surface area contributed by atoms with E-state index in [1.807, 2.05) is 25.1 Å². The fourth-order valence-electron chi connectivity index (χ4n) is 2.83. The molecule has 17 heavy (non-hydrogen) atoms. The van der Waals surface area contributed by atoms with Gasteiger partial charge in [0.1, 0.15) is 0 Å². The third kappa shape index (κ3) is 2.36. The molecule has 1 aliphatic rings. The highest BCUT2D eigenvalue weighted by Gasteiger charge is 2.36. The normalized spacial score (nSPS) is 19.0. The van der Waals surface area contributed by atoms with Crippen molar-refractivity contribution in [2.75, 3.05) is 0 Å². The number of benzene rings is 1. The van der Waals surface area contributed by atoms with Gasteiger partial charge in [-0.2, -0.15) is 0 Å². The van der Waals surface area contributed by atoms with Gasteiger partial charge in [0.25, 0.3) is 0 Å². The van der Waals surface area contributed by atoms with Crippen LogP contribution >= 0.6 is 23.2 Å². The van der Waals surface area contributed by atoms with Gasteiger partial charge in [-0.1, -0.05) is 48.5 Å². The molecule has 1 saturated carbocycles. The average molecular weight is 270 g/mol. The summed E-state index contributed by atoms with van der Waals surface area (Å²) in [7, 11) is 0. The molecule has 0 aromatic heterocycles. The highest BCUT2D eigenvalue weighted by Crippen LogP contribution is 2.41. The summed E-state index contributed by atoms with van der Waals surface area (Å²) < 4.78 is 0. The zero-order valence-corrected chi connectivity index (χ0v) is 11.5. The molecule has 1 N–H and O–H groups in total. The van der Waals surface area contributed by atoms with E-state index in [1.165, 1.54) is 19.3 Å². The smallest absolute Gasteiger partial charge is 0.0595 e. The summed E-state index contributed by atoms with van der Waals surface area (Å²) >= 11 is 12.1. The monoisotopic (exact) mass is 269 g/mol. The molecule has 3 heteroatoms. The van der Waals surface area contributed by atoms with Gasteiger partial charge in [0.2, 0.25) is 0 Å². The van der Waals surface area contributed by atoms with Crippen LogP contribution in [0.3, 0.4) is 0 Å². The SMILES string of the molecule is CC(=N)C1(c2ccc(Cl)c(Cl)c2)CCCCC1. The third-order valence-electron chi connectivity index (χ3n) is 3.90. The van der Waals surface area contributed by atoms with Crippen LogP contribution in [0.5, 0.6) is 0 Å². The van der Waals surface area contributed by atoms with E-state index in [-0.39, 0.29) is 5.41 Å². The highest BCUT2D eigenvalue weighted by atomic mass is 35.5. The van der Waals surface area contributed by atoms with Crippen LogP contribution in [0, 0.1) is 5.41 Å². The molecule has 1 aromatic carbocycles. The quantitative estimate of drug-likeness (QED) is 0.711. The Bertz CT molecular complexity index is 434. The lowest BCUT2D eigenvalue weighted by atomic mass is 9.67. The molecule has 0 heterocycles. The Hall–Kier alpha value is -0.530. The molecule has 1 fully saturated rings. The number of nitrogens with one attached hydrogen (secondary N) is 1. The van der Waals surface area contributed by atoms with E-state index in [1.54, 1.807) is 0 Å². The Balaban J connectivity index is 2.45. The lowest BCUT2D eigenvalue weighted by molar-refractivity contribution is 0.378. The second-order valence-corrected chi connectivity index (χ2v) is 5.71. The lowest BCUT2D eigenvalue weighted by Crippen LogP contribution is -2.35. The van der Waals surface area contributed by atoms with Crippen LogP contribution in [0.25, 0.3) is 0 Å². The van der Waals surface area contributed by atoms with Crippen LogP contribution in [0.4, 0.5) is 0 Å². The van der Waals surface area contributed by atoms with E-state index < -0.39 is 0 Å². The fraction of sp³-hybridized carbons (Fsp3) is 0.500. The standard InChI is InChI=1S/C14H17Cl2N/c1-10(17)14(7-3-2-4-8-14)11-5-6-12(15)13(16)9-11/h5-6,9,17H,2-4,7-8H2,1H3. The molecule has 1 aromatic rings. The zero-order chi connectivity index (χ0) is 12.5. The van der Waals surface area contributed by atoms with Crippen molar-refractivity contribution in [3.63, 3.8) is 0 Å². The largest absolute Gasteiger partial charge is 0.309 e. The summed E-state index contributed by atoms with van der Waals surface area (Å²) in [5.74, 6) is 0. The predicted octanol–water partition coefficient (Wildman–Crippen LogP) is 5.23. The maximum absolute atomic E-state index is 8.12. The van der Waals surface area contributed by atoms with Crippen molar-refractivity contribution in [3.8, 4) is 0 Å². The van der Waals surface area contributed by atoms with Gasteiger partial charge in [-0.05, 0) is 37.5 Å². The summed E-state index contributed by atoms with van der Waals surface area (Å²) in [5.41, 5.74) is 1.79. The van der Waals surface area contributed by atoms with Crippen LogP contribution in [0.15, 0.2) is 18.2 Å². The van der Waals surface area contributed by atoms with Gasteiger partial charge in [0.05, 0.1) is 10.0 Å². The van der Waals surface area contributed by atoms with Crippen LogP contribution in [0.1, 0.15) is 44.6 Å². The van der Waals surface area contributed by atoms with Gasteiger partial charge < -0.3 is 5.41 Å². The topological polar surface area (TPSA) is 23.9 Å². The Morgan fingerprint density at radius 1 is 1.12 bits per heavy atom. The zero-order valence-electron chi connectivity index (χ0n) is 10.0. The van der Waals surface area contributed by atoms with Gasteiger partial charge in [-0.25, -0.2) is 0 Å². The van der Waals surface area contributed by atoms with E-state index in [4.69, 9.17) is 28.6 Å². The first-order valence-corrected chi connectivity index (χ1v) is 6.83. The number of halogens is 2. The van der Waals surface area contributed by atoms with Crippen LogP contribution in [0.2, 0.25) is 10.0 Å². The fourth-order valence-corrected chi connectivity index (χ4v) is 3.13. The van der Waals surface area contributed by atoms with Gasteiger partial charge in [-0.3, -0.25) is 0 Å². The molecule has 0 radical (unpaired) electrons. The molecule has 1 nitrogen and oxygen atoms in total. The molecule has 2 rings (SSSR count). The molecule has 0 atom stereocenters. The van der Waals surface area contributed by atoms with Crippen LogP contribution < -0.4 is 0 Å². The molecule has 0 bridgehead atoms. The van der Waals surface area contributed by atoms with Gasteiger partial charge >= 0.3 is 0 Å². The Labute approximate surface area is 113 Å². The predicted molar refractivity (Wildman–Crippen MR) is 74.6 cm³/mol. The van der Waals surface area contributed by atoms with E-state index >= 15 is 0 Å². The minimum absolute atomic E-state index is 0.105. The number of rotatable bonds is 2. The molecule has 0 spiro atoms. The lowest BCUT2D eigenvalue weighted by Gasteiger charge is -2.37. The van der Waals surface area contributed by atoms with E-state index in [0.29, 0.717) is 10.0 Å². The minimum Gasteiger partial charge on any atom is -0.309 e. The first kappa shape index (κ1) is 12.9. The van der Waals surface area contributed by atoms with E-state index in [2.05, 4.69) is 0 Å². The van der Waals surface area contributed by atoms with Crippen molar-refractivity contribution >= 4 is 28.9 Å². The number of hydrogen-bond acceptors (Lipinski definition) is 1. The van der Waals surface area contributed by atoms with Crippen molar-refractivity contribution in [3.05, 3.63) is 33.8 Å². The second kappa shape index (κ2) is 4.99. The summed E-state index contributed by atoms with van der Waals surface area (Å²) in [6.07, 6.45) is 5.77.